The second kappa shape index (κ2) is 50.7. The van der Waals surface area contributed by atoms with E-state index in [1.807, 2.05) is 151 Å². The van der Waals surface area contributed by atoms with Crippen LogP contribution in [0.4, 0.5) is 0 Å². The van der Waals surface area contributed by atoms with E-state index < -0.39 is 288 Å². The van der Waals surface area contributed by atoms with Crippen molar-refractivity contribution in [2.75, 3.05) is 0 Å². The van der Waals surface area contributed by atoms with Crippen LogP contribution in [0.3, 0.4) is 0 Å². The van der Waals surface area contributed by atoms with Gasteiger partial charge in [0.1, 0.15) is 0 Å². The van der Waals surface area contributed by atoms with Crippen molar-refractivity contribution >= 4 is 288 Å². The van der Waals surface area contributed by atoms with Crippen molar-refractivity contribution in [2.45, 2.75) is 301 Å². The molecule has 0 aliphatic rings. The third-order valence-electron chi connectivity index (χ3n) is 13.2. The zero-order chi connectivity index (χ0) is 85.5. The van der Waals surface area contributed by atoms with Crippen molar-refractivity contribution in [3.05, 3.63) is 0 Å². The summed E-state index contributed by atoms with van der Waals surface area (Å²) >= 11 is 0. The van der Waals surface area contributed by atoms with Crippen LogP contribution in [0, 0.1) is 0 Å². The van der Waals surface area contributed by atoms with Crippen LogP contribution in [0.5, 0.6) is 0 Å². The zero-order valence-electron chi connectivity index (χ0n) is 76.2. The Morgan fingerprint density at radius 3 is 0.330 bits per heavy atom. The van der Waals surface area contributed by atoms with Crippen LogP contribution in [0.2, 0.25) is 301 Å². The summed E-state index contributed by atoms with van der Waals surface area (Å²) in [4.78, 5) is 0. The SMILES string of the molecule is C[SiH](O[SiH](C)O[SiH](C)O[SiH](C)O[SiH](C)O[SiH](C)O[SiH](C)O[SiH](C)O[SiH](C)O[SiH](C)O[SiH](C)O[Si](C)(C)O[Si](C)(C)O[Si](C)(C)O[Si](C)(C)O[Si](C)(C)O[Si](C)(C)O[Si](C)(C)O[Si](C)(C)O[Si](C)(C)O[Si](C)(C)O[Si](C)(C)C)O[SiH](C)O[SiH](C)O[SiH](C)O[SiH](C)O[SiH](C)O[SiH](C)O[SiH](C)O[SiH](C)O[SiH](C)O[Si](C)(C)C. The molecule has 656 valence electrons. The standard InChI is InChI=1S/C46H158O31Si32/c1-78(48-80(3)50-82(5)52-84(7)54-86(9)56-88(11)58-90(13)60-92(15)62-94(17)64-96(19)66-98(21,22)23)47-79(2)49-81(4)51-83(6)53-85(8)55-87(10)57-89(12)59-91(14)61-93(16)63-95(18)65-97(20)67-100(27,28)69-102(31,32)71-104(35,36)73-106(39,40)75-108(43,44)77-109(45,46)76-107(41,42)74-105(37,38)72-103(33,34)70-101(29,30)68-99(24,25)26/h78-97H,1-46H3. The summed E-state index contributed by atoms with van der Waals surface area (Å²) in [5.41, 5.74) is 0. The highest BCUT2D eigenvalue weighted by Crippen LogP contribution is 2.32. The highest BCUT2D eigenvalue weighted by Gasteiger charge is 2.52. The third kappa shape index (κ3) is 61.6. The van der Waals surface area contributed by atoms with E-state index >= 15 is 0 Å². The van der Waals surface area contributed by atoms with Crippen molar-refractivity contribution in [3.63, 3.8) is 0 Å². The smallest absolute Gasteiger partial charge is 0.314 e. The molecular formula is C46H158O31Si32. The molecule has 0 aromatic carbocycles. The highest BCUT2D eigenvalue weighted by atomic mass is 28.5. The lowest BCUT2D eigenvalue weighted by molar-refractivity contribution is 0.252. The summed E-state index contributed by atoms with van der Waals surface area (Å²) in [5.74, 6) is 0. The molecule has 0 aliphatic heterocycles. The molecule has 0 aliphatic carbocycles. The zero-order valence-corrected chi connectivity index (χ0v) is 111. The van der Waals surface area contributed by atoms with Gasteiger partial charge in [0.05, 0.1) is 0 Å². The molecule has 20 unspecified atom stereocenters. The van der Waals surface area contributed by atoms with Gasteiger partial charge in [0.15, 0.2) is 16.6 Å². The molecule has 0 radical (unpaired) electrons. The predicted molar refractivity (Wildman–Crippen MR) is 515 cm³/mol. The molecule has 0 bridgehead atoms. The number of hydrogen-bond donors (Lipinski definition) is 0. The Balaban J connectivity index is 4.96. The molecule has 31 nitrogen and oxygen atoms in total. The van der Waals surface area contributed by atoms with Gasteiger partial charge >= 0.3 is 85.6 Å². The minimum absolute atomic E-state index is 1.64. The van der Waals surface area contributed by atoms with Gasteiger partial charge in [-0.25, -0.2) is 0 Å². The fourth-order valence-corrected chi connectivity index (χ4v) is 132. The molecular weight excluding hydrogens is 1950 g/mol. The third-order valence-corrected chi connectivity index (χ3v) is 119. The Morgan fingerprint density at radius 1 is 0.110 bits per heavy atom. The molecule has 0 aromatic rings. The second-order valence-electron chi connectivity index (χ2n) is 33.4. The Bertz CT molecular complexity index is 2510. The lowest BCUT2D eigenvalue weighted by Crippen LogP contribution is -2.62. The Morgan fingerprint density at radius 2 is 0.211 bits per heavy atom. The largest absolute Gasteiger partial charge is 0.439 e. The maximum Gasteiger partial charge on any atom is 0.314 e. The average Bonchev–Trinajstić information content (AvgIpc) is 0.805. The first kappa shape index (κ1) is 115. The van der Waals surface area contributed by atoms with Crippen LogP contribution in [0.25, 0.3) is 0 Å². The van der Waals surface area contributed by atoms with Gasteiger partial charge in [0, 0.05) is 0 Å². The van der Waals surface area contributed by atoms with Crippen LogP contribution >= 0.6 is 0 Å². The van der Waals surface area contributed by atoms with Gasteiger partial charge in [0.25, 0.3) is 186 Å². The predicted octanol–water partition coefficient (Wildman–Crippen LogP) is 7.19. The molecule has 0 N–H and O–H groups in total. The molecule has 0 amide bonds. The summed E-state index contributed by atoms with van der Waals surface area (Å²) in [6.45, 7) is 94.7. The minimum Gasteiger partial charge on any atom is -0.439 e. The Kier molecular flexibility index (Phi) is 53.4. The molecule has 109 heavy (non-hydrogen) atoms. The highest BCUT2D eigenvalue weighted by molar-refractivity contribution is 6.94. The summed E-state index contributed by atoms with van der Waals surface area (Å²) < 4.78 is 201. The maximum atomic E-state index is 6.91. The molecule has 20 atom stereocenters. The second-order valence-corrected chi connectivity index (χ2v) is 123. The number of rotatable bonds is 62. The maximum absolute atomic E-state index is 6.91. The summed E-state index contributed by atoms with van der Waals surface area (Å²) in [6.07, 6.45) is 0. The van der Waals surface area contributed by atoms with E-state index in [9.17, 15) is 0 Å². The van der Waals surface area contributed by atoms with Crippen molar-refractivity contribution < 1.29 is 128 Å². The van der Waals surface area contributed by atoms with Crippen molar-refractivity contribution in [1.29, 1.82) is 0 Å². The fourth-order valence-electron chi connectivity index (χ4n) is 12.9. The molecule has 0 heterocycles. The topological polar surface area (TPSA) is 286 Å². The van der Waals surface area contributed by atoms with Crippen LogP contribution in [-0.4, -0.2) is 288 Å². The van der Waals surface area contributed by atoms with Crippen molar-refractivity contribution in [3.8, 4) is 0 Å². The first-order valence-electron chi connectivity index (χ1n) is 38.5. The molecule has 0 rings (SSSR count). The van der Waals surface area contributed by atoms with Gasteiger partial charge < -0.3 is 128 Å². The van der Waals surface area contributed by atoms with Gasteiger partial charge in [-0.2, -0.15) is 0 Å². The Hall–Kier alpha value is 5.70. The normalized spacial score (nSPS) is 19.9. The lowest BCUT2D eigenvalue weighted by atomic mass is 11.8. The van der Waals surface area contributed by atoms with Gasteiger partial charge in [0.2, 0.25) is 0 Å². The summed E-state index contributed by atoms with van der Waals surface area (Å²) in [7, 11) is -71.2. The molecule has 0 spiro atoms. The fraction of sp³-hybridized carbons (Fsp3) is 1.00. The van der Waals surface area contributed by atoms with Crippen molar-refractivity contribution in [2.24, 2.45) is 0 Å². The quantitative estimate of drug-likeness (QED) is 0.0544. The summed E-state index contributed by atoms with van der Waals surface area (Å²) in [6, 6.07) is 0. The molecule has 0 saturated heterocycles. The van der Waals surface area contributed by atoms with Gasteiger partial charge in [-0.05, 0) is 301 Å². The first-order chi connectivity index (χ1) is 48.7. The van der Waals surface area contributed by atoms with Gasteiger partial charge in [-0.3, -0.25) is 0 Å². The van der Waals surface area contributed by atoms with E-state index in [-0.39, 0.29) is 0 Å². The van der Waals surface area contributed by atoms with Gasteiger partial charge in [-0.15, -0.1) is 0 Å². The molecule has 63 heteroatoms. The summed E-state index contributed by atoms with van der Waals surface area (Å²) in [5, 5.41) is 0. The van der Waals surface area contributed by atoms with E-state index in [1.165, 1.54) is 0 Å². The van der Waals surface area contributed by atoms with Crippen molar-refractivity contribution in [1.82, 2.24) is 0 Å². The molecule has 0 fully saturated rings. The minimum atomic E-state index is -2.83. The van der Waals surface area contributed by atoms with Crippen LogP contribution in [-0.2, 0) is 128 Å². The van der Waals surface area contributed by atoms with Gasteiger partial charge in [-0.1, -0.05) is 0 Å². The monoisotopic (exact) mass is 2100 g/mol. The Labute approximate surface area is 709 Å². The van der Waals surface area contributed by atoms with Crippen LogP contribution in [0.15, 0.2) is 0 Å². The van der Waals surface area contributed by atoms with E-state index in [0.29, 0.717) is 0 Å². The van der Waals surface area contributed by atoms with E-state index in [2.05, 4.69) is 151 Å². The lowest BCUT2D eigenvalue weighted by Gasteiger charge is -2.45. The first-order valence-corrected chi connectivity index (χ1v) is 115. The van der Waals surface area contributed by atoms with Crippen LogP contribution in [0.1, 0.15) is 0 Å². The molecule has 0 aromatic heterocycles. The number of hydrogen-bond acceptors (Lipinski definition) is 31. The van der Waals surface area contributed by atoms with E-state index in [1.54, 1.807) is 0 Å². The average molecular weight is 2110 g/mol. The van der Waals surface area contributed by atoms with E-state index in [4.69, 9.17) is 128 Å². The van der Waals surface area contributed by atoms with E-state index in [0.717, 1.165) is 0 Å². The van der Waals surface area contributed by atoms with Crippen LogP contribution < -0.4 is 0 Å². The molecule has 0 saturated carbocycles.